The number of benzene rings is 2. The minimum Gasteiger partial charge on any atom is -0.497 e. The number of ether oxygens (including phenoxy) is 1. The number of halogens is 2. The van der Waals surface area contributed by atoms with Crippen molar-refractivity contribution >= 4 is 17.5 Å². The Labute approximate surface area is 156 Å². The molecule has 140 valence electrons. The molecule has 0 spiro atoms. The second-order valence-electron chi connectivity index (χ2n) is 6.00. The fraction of sp³-hybridized carbons (Fsp3) is 0.200. The summed E-state index contributed by atoms with van der Waals surface area (Å²) in [4.78, 5) is 8.58. The molecule has 0 atom stereocenters. The van der Waals surface area contributed by atoms with Crippen molar-refractivity contribution in [2.75, 3.05) is 24.3 Å². The Bertz CT molecular complexity index is 934. The Hall–Kier alpha value is -3.22. The summed E-state index contributed by atoms with van der Waals surface area (Å²) in [6.45, 7) is 2.48. The second kappa shape index (κ2) is 8.44. The van der Waals surface area contributed by atoms with Gasteiger partial charge in [-0.05, 0) is 43.2 Å². The molecule has 0 aliphatic carbocycles. The Kier molecular flexibility index (Phi) is 5.80. The second-order valence-corrected chi connectivity index (χ2v) is 6.00. The van der Waals surface area contributed by atoms with Crippen LogP contribution in [0.2, 0.25) is 0 Å². The lowest BCUT2D eigenvalue weighted by Crippen LogP contribution is -2.09. The average molecular weight is 370 g/mol. The summed E-state index contributed by atoms with van der Waals surface area (Å²) in [6.07, 6.45) is 0.787. The SMILES string of the molecule is COc1cccc(CCNc2cc(C)nc(Nc3ccc(F)cc3F)n2)c1. The van der Waals surface area contributed by atoms with Crippen LogP contribution in [0.15, 0.2) is 48.5 Å². The molecule has 3 rings (SSSR count). The summed E-state index contributed by atoms with van der Waals surface area (Å²) < 4.78 is 32.1. The topological polar surface area (TPSA) is 59.1 Å². The highest BCUT2D eigenvalue weighted by Crippen LogP contribution is 2.20. The van der Waals surface area contributed by atoms with Gasteiger partial charge in [-0.15, -0.1) is 0 Å². The third-order valence-electron chi connectivity index (χ3n) is 3.89. The predicted molar refractivity (Wildman–Crippen MR) is 102 cm³/mol. The van der Waals surface area contributed by atoms with E-state index in [2.05, 4.69) is 20.6 Å². The van der Waals surface area contributed by atoms with Crippen LogP contribution in [-0.2, 0) is 6.42 Å². The molecule has 0 unspecified atom stereocenters. The number of aryl methyl sites for hydroxylation is 1. The number of anilines is 3. The van der Waals surface area contributed by atoms with Crippen LogP contribution in [-0.4, -0.2) is 23.6 Å². The molecule has 1 aromatic heterocycles. The highest BCUT2D eigenvalue weighted by atomic mass is 19.1. The molecule has 0 saturated heterocycles. The smallest absolute Gasteiger partial charge is 0.229 e. The van der Waals surface area contributed by atoms with Crippen molar-refractivity contribution in [1.29, 1.82) is 0 Å². The van der Waals surface area contributed by atoms with E-state index in [1.54, 1.807) is 13.2 Å². The molecular formula is C20H20F2N4O. The maximum absolute atomic E-state index is 13.8. The minimum absolute atomic E-state index is 0.115. The fourth-order valence-corrected chi connectivity index (χ4v) is 2.59. The van der Waals surface area contributed by atoms with Crippen molar-refractivity contribution in [1.82, 2.24) is 9.97 Å². The lowest BCUT2D eigenvalue weighted by molar-refractivity contribution is 0.414. The third kappa shape index (κ3) is 5.13. The molecular weight excluding hydrogens is 350 g/mol. The van der Waals surface area contributed by atoms with Crippen molar-refractivity contribution in [2.45, 2.75) is 13.3 Å². The first-order valence-electron chi connectivity index (χ1n) is 8.48. The number of methoxy groups -OCH3 is 1. The molecule has 0 amide bonds. The number of hydrogen-bond acceptors (Lipinski definition) is 5. The summed E-state index contributed by atoms with van der Waals surface area (Å²) in [5, 5.41) is 6.02. The number of nitrogens with zero attached hydrogens (tertiary/aromatic N) is 2. The van der Waals surface area contributed by atoms with E-state index < -0.39 is 11.6 Å². The van der Waals surface area contributed by atoms with Crippen LogP contribution < -0.4 is 15.4 Å². The summed E-state index contributed by atoms with van der Waals surface area (Å²) in [7, 11) is 1.64. The highest BCUT2D eigenvalue weighted by Gasteiger charge is 2.07. The average Bonchev–Trinajstić information content (AvgIpc) is 2.64. The first kappa shape index (κ1) is 18.6. The van der Waals surface area contributed by atoms with Crippen molar-refractivity contribution in [2.24, 2.45) is 0 Å². The summed E-state index contributed by atoms with van der Waals surface area (Å²) in [6, 6.07) is 13.0. The lowest BCUT2D eigenvalue weighted by atomic mass is 10.1. The molecule has 0 aliphatic rings. The summed E-state index contributed by atoms with van der Waals surface area (Å²) in [5.41, 5.74) is 1.97. The van der Waals surface area contributed by atoms with Gasteiger partial charge in [0.2, 0.25) is 5.95 Å². The first-order chi connectivity index (χ1) is 13.0. The number of hydrogen-bond donors (Lipinski definition) is 2. The van der Waals surface area contributed by atoms with Crippen molar-refractivity contribution < 1.29 is 13.5 Å². The first-order valence-corrected chi connectivity index (χ1v) is 8.48. The zero-order valence-corrected chi connectivity index (χ0v) is 15.1. The largest absolute Gasteiger partial charge is 0.497 e. The molecule has 2 aromatic carbocycles. The molecule has 0 fully saturated rings. The number of rotatable bonds is 7. The normalized spacial score (nSPS) is 10.5. The molecule has 5 nitrogen and oxygen atoms in total. The van der Waals surface area contributed by atoms with Crippen LogP contribution >= 0.6 is 0 Å². The third-order valence-corrected chi connectivity index (χ3v) is 3.89. The molecule has 0 radical (unpaired) electrons. The molecule has 1 heterocycles. The van der Waals surface area contributed by atoms with Crippen molar-refractivity contribution in [3.63, 3.8) is 0 Å². The standard InChI is InChI=1S/C20H20F2N4O/c1-13-10-19(23-9-8-14-4-3-5-16(11-14)27-2)26-20(24-13)25-18-7-6-15(21)12-17(18)22/h3-7,10-12H,8-9H2,1-2H3,(H2,23,24,25,26). The summed E-state index contributed by atoms with van der Waals surface area (Å²) >= 11 is 0. The lowest BCUT2D eigenvalue weighted by Gasteiger charge is -2.11. The van der Waals surface area contributed by atoms with E-state index in [1.807, 2.05) is 31.2 Å². The van der Waals surface area contributed by atoms with Crippen LogP contribution in [0, 0.1) is 18.6 Å². The van der Waals surface area contributed by atoms with E-state index in [9.17, 15) is 8.78 Å². The summed E-state index contributed by atoms with van der Waals surface area (Å²) in [5.74, 6) is 0.341. The Morgan fingerprint density at radius 3 is 2.67 bits per heavy atom. The van der Waals surface area contributed by atoms with Crippen LogP contribution in [0.4, 0.5) is 26.2 Å². The molecule has 27 heavy (non-hydrogen) atoms. The van der Waals surface area contributed by atoms with Crippen molar-refractivity contribution in [3.05, 3.63) is 71.4 Å². The van der Waals surface area contributed by atoms with E-state index in [4.69, 9.17) is 4.74 Å². The maximum atomic E-state index is 13.8. The fourth-order valence-electron chi connectivity index (χ4n) is 2.59. The van der Waals surface area contributed by atoms with Crippen molar-refractivity contribution in [3.8, 4) is 5.75 Å². The van der Waals surface area contributed by atoms with E-state index in [0.717, 1.165) is 29.5 Å². The van der Waals surface area contributed by atoms with Gasteiger partial charge in [-0.2, -0.15) is 4.98 Å². The van der Waals surface area contributed by atoms with Gasteiger partial charge in [0.05, 0.1) is 12.8 Å². The molecule has 0 bridgehead atoms. The van der Waals surface area contributed by atoms with Gasteiger partial charge in [-0.3, -0.25) is 0 Å². The molecule has 2 N–H and O–H groups in total. The zero-order chi connectivity index (χ0) is 19.2. The Balaban J connectivity index is 1.66. The van der Waals surface area contributed by atoms with Gasteiger partial charge in [0, 0.05) is 24.4 Å². The molecule has 3 aromatic rings. The van der Waals surface area contributed by atoms with Crippen LogP contribution in [0.3, 0.4) is 0 Å². The maximum Gasteiger partial charge on any atom is 0.229 e. The molecule has 0 aliphatic heterocycles. The monoisotopic (exact) mass is 370 g/mol. The van der Waals surface area contributed by atoms with Crippen LogP contribution in [0.1, 0.15) is 11.3 Å². The number of nitrogens with one attached hydrogen (secondary N) is 2. The van der Waals surface area contributed by atoms with Gasteiger partial charge < -0.3 is 15.4 Å². The van der Waals surface area contributed by atoms with E-state index in [1.165, 1.54) is 12.1 Å². The zero-order valence-electron chi connectivity index (χ0n) is 15.1. The van der Waals surface area contributed by atoms with Gasteiger partial charge >= 0.3 is 0 Å². The van der Waals surface area contributed by atoms with Gasteiger partial charge in [-0.1, -0.05) is 12.1 Å². The van der Waals surface area contributed by atoms with Gasteiger partial charge in [-0.25, -0.2) is 13.8 Å². The van der Waals surface area contributed by atoms with Gasteiger partial charge in [0.15, 0.2) is 0 Å². The number of aromatic nitrogens is 2. The van der Waals surface area contributed by atoms with E-state index >= 15 is 0 Å². The van der Waals surface area contributed by atoms with E-state index in [-0.39, 0.29) is 11.6 Å². The van der Waals surface area contributed by atoms with E-state index in [0.29, 0.717) is 12.4 Å². The quantitative estimate of drug-likeness (QED) is 0.643. The molecule has 7 heteroatoms. The Morgan fingerprint density at radius 1 is 1.04 bits per heavy atom. The molecule has 0 saturated carbocycles. The Morgan fingerprint density at radius 2 is 1.89 bits per heavy atom. The van der Waals surface area contributed by atoms with Gasteiger partial charge in [0.1, 0.15) is 23.2 Å². The van der Waals surface area contributed by atoms with Crippen LogP contribution in [0.25, 0.3) is 0 Å². The minimum atomic E-state index is -0.701. The predicted octanol–water partition coefficient (Wildman–Crippen LogP) is 4.47. The van der Waals surface area contributed by atoms with Gasteiger partial charge in [0.25, 0.3) is 0 Å². The van der Waals surface area contributed by atoms with Crippen LogP contribution in [0.5, 0.6) is 5.75 Å². The highest BCUT2D eigenvalue weighted by molar-refractivity contribution is 5.56.